The van der Waals surface area contributed by atoms with Gasteiger partial charge in [0.1, 0.15) is 16.6 Å². The summed E-state index contributed by atoms with van der Waals surface area (Å²) in [5.41, 5.74) is 0.926. The van der Waals surface area contributed by atoms with E-state index in [2.05, 4.69) is 25.6 Å². The molecule has 3 aromatic rings. The number of nitrogens with one attached hydrogen (secondary N) is 1. The molecule has 1 saturated heterocycles. The molecule has 0 unspecified atom stereocenters. The van der Waals surface area contributed by atoms with E-state index in [-0.39, 0.29) is 28.4 Å². The fourth-order valence-corrected chi connectivity index (χ4v) is 6.12. The van der Waals surface area contributed by atoms with Crippen LogP contribution in [0.1, 0.15) is 57.6 Å². The number of nitrogens with zero attached hydrogens (tertiary/aromatic N) is 6. The largest absolute Gasteiger partial charge is 0.351 e. The molecule has 0 amide bonds. The van der Waals surface area contributed by atoms with E-state index in [0.717, 1.165) is 12.8 Å². The number of alkyl halides is 2. The summed E-state index contributed by atoms with van der Waals surface area (Å²) in [7, 11) is -3.16. The molecule has 0 spiro atoms. The summed E-state index contributed by atoms with van der Waals surface area (Å²) in [5, 5.41) is 11.7. The Labute approximate surface area is 184 Å². The highest BCUT2D eigenvalue weighted by molar-refractivity contribution is 7.90. The third-order valence-corrected chi connectivity index (χ3v) is 8.54. The zero-order chi connectivity index (χ0) is 22.6. The molecule has 0 atom stereocenters. The summed E-state index contributed by atoms with van der Waals surface area (Å²) < 4.78 is 55.3. The molecule has 9 nitrogen and oxygen atoms in total. The smallest absolute Gasteiger partial charge is 0.266 e. The van der Waals surface area contributed by atoms with Crippen LogP contribution in [0.4, 0.5) is 14.7 Å². The van der Waals surface area contributed by atoms with Gasteiger partial charge in [-0.25, -0.2) is 36.2 Å². The highest BCUT2D eigenvalue weighted by atomic mass is 32.2. The molecule has 1 aromatic carbocycles. The monoisotopic (exact) mass is 465 g/mol. The summed E-state index contributed by atoms with van der Waals surface area (Å²) >= 11 is 0. The van der Waals surface area contributed by atoms with E-state index in [1.165, 1.54) is 12.3 Å². The molecule has 3 heterocycles. The summed E-state index contributed by atoms with van der Waals surface area (Å²) in [5.74, 6) is 0.378. The Morgan fingerprint density at radius 2 is 1.84 bits per heavy atom. The maximum atomic E-state index is 13.6. The summed E-state index contributed by atoms with van der Waals surface area (Å²) in [4.78, 5) is 8.94. The highest BCUT2D eigenvalue weighted by Crippen LogP contribution is 2.34. The second kappa shape index (κ2) is 7.84. The number of fused-ring (bicyclic) bond motifs is 3. The van der Waals surface area contributed by atoms with Crippen molar-refractivity contribution in [2.24, 2.45) is 0 Å². The lowest BCUT2D eigenvalue weighted by Crippen LogP contribution is -2.43. The van der Waals surface area contributed by atoms with E-state index in [0.29, 0.717) is 48.3 Å². The molecule has 32 heavy (non-hydrogen) atoms. The Kier molecular flexibility index (Phi) is 5.24. The lowest BCUT2D eigenvalue weighted by atomic mass is 10.1. The van der Waals surface area contributed by atoms with Gasteiger partial charge in [-0.15, -0.1) is 5.10 Å². The number of sulfonamides is 1. The Morgan fingerprint density at radius 1 is 1.12 bits per heavy atom. The Hall–Kier alpha value is -2.47. The zero-order valence-electron chi connectivity index (χ0n) is 17.9. The minimum atomic E-state index is -3.16. The molecular weight excluding hydrogens is 440 g/mol. The van der Waals surface area contributed by atoms with Crippen LogP contribution >= 0.6 is 0 Å². The third-order valence-electron chi connectivity index (χ3n) is 6.14. The number of halogens is 2. The van der Waals surface area contributed by atoms with E-state index < -0.39 is 16.4 Å². The van der Waals surface area contributed by atoms with Crippen molar-refractivity contribution in [1.82, 2.24) is 29.3 Å². The lowest BCUT2D eigenvalue weighted by molar-refractivity contribution is 0.153. The predicted octanol–water partition coefficient (Wildman–Crippen LogP) is 3.26. The molecule has 1 aliphatic heterocycles. The van der Waals surface area contributed by atoms with Crippen LogP contribution in [-0.4, -0.2) is 62.1 Å². The molecule has 2 fully saturated rings. The van der Waals surface area contributed by atoms with Gasteiger partial charge in [0.15, 0.2) is 0 Å². The normalized spacial score (nSPS) is 18.9. The molecule has 0 radical (unpaired) electrons. The molecule has 5 rings (SSSR count). The van der Waals surface area contributed by atoms with Crippen LogP contribution in [-0.2, 0) is 10.0 Å². The van der Waals surface area contributed by atoms with Crippen molar-refractivity contribution in [3.63, 3.8) is 0 Å². The second-order valence-corrected chi connectivity index (χ2v) is 11.0. The summed E-state index contributed by atoms with van der Waals surface area (Å²) in [6.45, 7) is 4.74. The van der Waals surface area contributed by atoms with E-state index in [4.69, 9.17) is 0 Å². The molecule has 12 heteroatoms. The fourth-order valence-electron chi connectivity index (χ4n) is 4.24. The number of rotatable bonds is 6. The molecule has 1 aliphatic carbocycles. The van der Waals surface area contributed by atoms with Gasteiger partial charge in [0.05, 0.1) is 5.25 Å². The van der Waals surface area contributed by atoms with Crippen LogP contribution < -0.4 is 5.32 Å². The van der Waals surface area contributed by atoms with E-state index in [9.17, 15) is 17.2 Å². The first-order chi connectivity index (χ1) is 15.3. The van der Waals surface area contributed by atoms with Crippen molar-refractivity contribution in [3.05, 3.63) is 17.8 Å². The van der Waals surface area contributed by atoms with Crippen LogP contribution in [0.2, 0.25) is 0 Å². The van der Waals surface area contributed by atoms with Crippen molar-refractivity contribution >= 4 is 37.9 Å². The Morgan fingerprint density at radius 3 is 2.47 bits per heavy atom. The quantitative estimate of drug-likeness (QED) is 0.596. The van der Waals surface area contributed by atoms with Crippen molar-refractivity contribution in [2.45, 2.75) is 63.3 Å². The Bertz CT molecular complexity index is 1270. The number of hydrogen-bond donors (Lipinski definition) is 1. The number of piperidine rings is 1. The molecule has 1 N–H and O–H groups in total. The van der Waals surface area contributed by atoms with Gasteiger partial charge in [-0.3, -0.25) is 0 Å². The minimum Gasteiger partial charge on any atom is -0.351 e. The fraction of sp³-hybridized carbons (Fsp3) is 0.600. The van der Waals surface area contributed by atoms with E-state index in [1.807, 2.05) is 13.8 Å². The maximum absolute atomic E-state index is 13.6. The number of aromatic nitrogens is 5. The van der Waals surface area contributed by atoms with Crippen LogP contribution in [0, 0.1) is 0 Å². The van der Waals surface area contributed by atoms with Gasteiger partial charge >= 0.3 is 0 Å². The zero-order valence-corrected chi connectivity index (χ0v) is 18.7. The summed E-state index contributed by atoms with van der Waals surface area (Å²) in [6.07, 6.45) is 1.66. The van der Waals surface area contributed by atoms with Gasteiger partial charge in [-0.05, 0) is 45.6 Å². The summed E-state index contributed by atoms with van der Waals surface area (Å²) in [6, 6.07) is 1.31. The van der Waals surface area contributed by atoms with Crippen molar-refractivity contribution < 1.29 is 17.2 Å². The van der Waals surface area contributed by atoms with Crippen LogP contribution in [0.5, 0.6) is 0 Å². The highest BCUT2D eigenvalue weighted by Gasteiger charge is 2.41. The predicted molar refractivity (Wildman–Crippen MR) is 116 cm³/mol. The molecule has 2 aromatic heterocycles. The molecular formula is C20H25F2N7O2S. The topological polar surface area (TPSA) is 106 Å². The molecule has 2 aliphatic rings. The number of anilines is 1. The van der Waals surface area contributed by atoms with Crippen molar-refractivity contribution in [1.29, 1.82) is 0 Å². The number of benzene rings is 1. The van der Waals surface area contributed by atoms with Crippen LogP contribution in [0.3, 0.4) is 0 Å². The van der Waals surface area contributed by atoms with Crippen LogP contribution in [0.25, 0.3) is 21.9 Å². The molecule has 1 saturated carbocycles. The lowest BCUT2D eigenvalue weighted by Gasteiger charge is -2.31. The van der Waals surface area contributed by atoms with Gasteiger partial charge in [0.25, 0.3) is 6.43 Å². The van der Waals surface area contributed by atoms with Gasteiger partial charge in [-0.2, -0.15) is 0 Å². The van der Waals surface area contributed by atoms with Gasteiger partial charge in [-0.1, -0.05) is 5.21 Å². The van der Waals surface area contributed by atoms with E-state index >= 15 is 0 Å². The SMILES string of the molecule is CC(C)n1nnc2c(C(F)F)cc3cnc(NC4CCN(S(=O)(=O)C5CC5)CC4)nc3c21. The Balaban J connectivity index is 1.43. The first kappa shape index (κ1) is 21.4. The van der Waals surface area contributed by atoms with Gasteiger partial charge in [0, 0.05) is 42.3 Å². The van der Waals surface area contributed by atoms with Crippen molar-refractivity contribution in [2.75, 3.05) is 18.4 Å². The minimum absolute atomic E-state index is 0.0297. The third kappa shape index (κ3) is 3.68. The standard InChI is InChI=1S/C20H25F2N7O2S/c1-11(2)29-18-16-12(9-15(19(21)22)17(18)26-27-29)10-23-20(25-16)24-13-5-7-28(8-6-13)32(30,31)14-3-4-14/h9-11,13-14,19H,3-8H2,1-2H3,(H,23,24,25). The van der Waals surface area contributed by atoms with Gasteiger partial charge in [0.2, 0.25) is 16.0 Å². The second-order valence-electron chi connectivity index (χ2n) is 8.78. The average molecular weight is 466 g/mol. The number of hydrogen-bond acceptors (Lipinski definition) is 7. The van der Waals surface area contributed by atoms with Gasteiger partial charge < -0.3 is 5.32 Å². The first-order valence-corrected chi connectivity index (χ1v) is 12.3. The van der Waals surface area contributed by atoms with E-state index in [1.54, 1.807) is 8.99 Å². The first-order valence-electron chi connectivity index (χ1n) is 10.8. The van der Waals surface area contributed by atoms with Crippen LogP contribution in [0.15, 0.2) is 12.3 Å². The maximum Gasteiger partial charge on any atom is 0.266 e. The average Bonchev–Trinajstić information content (AvgIpc) is 3.53. The van der Waals surface area contributed by atoms with Crippen molar-refractivity contribution in [3.8, 4) is 0 Å². The molecule has 172 valence electrons. The molecule has 0 bridgehead atoms.